The number of rotatable bonds is 3. The lowest BCUT2D eigenvalue weighted by molar-refractivity contribution is -0.138. The maximum Gasteiger partial charge on any atom is 0.417 e. The number of carbonyl (C=O) groups is 1. The number of halogens is 5. The van der Waals surface area contributed by atoms with Crippen LogP contribution in [0.5, 0.6) is 0 Å². The maximum atomic E-state index is 13.0. The van der Waals surface area contributed by atoms with Gasteiger partial charge in [0, 0.05) is 15.9 Å². The summed E-state index contributed by atoms with van der Waals surface area (Å²) in [6.07, 6.45) is -4.56. The highest BCUT2D eigenvalue weighted by atomic mass is 79.9. The number of pyridine rings is 1. The fourth-order valence-electron chi connectivity index (χ4n) is 2.58. The fourth-order valence-corrected chi connectivity index (χ4v) is 3.24. The van der Waals surface area contributed by atoms with Crippen molar-refractivity contribution < 1.29 is 18.0 Å². The molecule has 28 heavy (non-hydrogen) atoms. The Morgan fingerprint density at radius 1 is 1.18 bits per heavy atom. The Morgan fingerprint density at radius 3 is 2.50 bits per heavy atom. The molecule has 10 heteroatoms. The van der Waals surface area contributed by atoms with Crippen molar-refractivity contribution in [2.45, 2.75) is 20.0 Å². The molecule has 0 saturated carbocycles. The van der Waals surface area contributed by atoms with Crippen LogP contribution >= 0.6 is 27.5 Å². The van der Waals surface area contributed by atoms with E-state index in [1.54, 1.807) is 10.7 Å². The minimum Gasteiger partial charge on any atom is -0.321 e. The zero-order valence-electron chi connectivity index (χ0n) is 14.6. The number of hydrogen-bond acceptors (Lipinski definition) is 3. The summed E-state index contributed by atoms with van der Waals surface area (Å²) < 4.78 is 40.6. The number of nitrogens with one attached hydrogen (secondary N) is 1. The van der Waals surface area contributed by atoms with Gasteiger partial charge in [0.05, 0.1) is 16.3 Å². The van der Waals surface area contributed by atoms with Gasteiger partial charge in [-0.1, -0.05) is 27.5 Å². The number of hydrogen-bond donors (Lipinski definition) is 1. The van der Waals surface area contributed by atoms with Crippen LogP contribution < -0.4 is 5.32 Å². The third-order valence-electron chi connectivity index (χ3n) is 3.80. The van der Waals surface area contributed by atoms with E-state index in [9.17, 15) is 18.0 Å². The summed E-state index contributed by atoms with van der Waals surface area (Å²) in [6, 6.07) is 8.31. The highest BCUT2D eigenvalue weighted by Crippen LogP contribution is 2.36. The molecule has 0 aliphatic rings. The standard InChI is InChI=1S/C18H13BrClF3N4O/c1-9-7-10(2)27(26-9)15-6-5-14(20)16(25-15)17(28)24-11-3-4-13(19)12(8-11)18(21,22)23/h3-8H,1-2H3,(H,24,28). The van der Waals surface area contributed by atoms with Gasteiger partial charge < -0.3 is 5.32 Å². The average Bonchev–Trinajstić information content (AvgIpc) is 2.94. The van der Waals surface area contributed by atoms with Crippen molar-refractivity contribution in [3.05, 3.63) is 68.5 Å². The van der Waals surface area contributed by atoms with E-state index in [2.05, 4.69) is 31.3 Å². The number of aryl methyl sites for hydroxylation is 2. The van der Waals surface area contributed by atoms with Gasteiger partial charge in [0.15, 0.2) is 5.82 Å². The molecular formula is C18H13BrClF3N4O. The number of alkyl halides is 3. The van der Waals surface area contributed by atoms with Gasteiger partial charge in [-0.05, 0) is 50.2 Å². The van der Waals surface area contributed by atoms with Crippen molar-refractivity contribution in [1.82, 2.24) is 14.8 Å². The monoisotopic (exact) mass is 472 g/mol. The summed E-state index contributed by atoms with van der Waals surface area (Å²) in [5, 5.41) is 6.76. The molecule has 2 heterocycles. The number of amides is 1. The van der Waals surface area contributed by atoms with Gasteiger partial charge in [0.2, 0.25) is 0 Å². The highest BCUT2D eigenvalue weighted by Gasteiger charge is 2.33. The van der Waals surface area contributed by atoms with Crippen LogP contribution in [0, 0.1) is 13.8 Å². The first-order valence-corrected chi connectivity index (χ1v) is 9.11. The van der Waals surface area contributed by atoms with Crippen LogP contribution in [0.1, 0.15) is 27.4 Å². The fraction of sp³-hybridized carbons (Fsp3) is 0.167. The summed E-state index contributed by atoms with van der Waals surface area (Å²) >= 11 is 8.94. The Kier molecular flexibility index (Phi) is 5.49. The van der Waals surface area contributed by atoms with Gasteiger partial charge in [0.25, 0.3) is 5.91 Å². The molecule has 3 aromatic rings. The lowest BCUT2D eigenvalue weighted by Gasteiger charge is -2.12. The highest BCUT2D eigenvalue weighted by molar-refractivity contribution is 9.10. The predicted molar refractivity (Wildman–Crippen MR) is 103 cm³/mol. The second kappa shape index (κ2) is 7.56. The van der Waals surface area contributed by atoms with Gasteiger partial charge in [-0.25, -0.2) is 9.67 Å². The van der Waals surface area contributed by atoms with Crippen molar-refractivity contribution in [2.75, 3.05) is 5.32 Å². The maximum absolute atomic E-state index is 13.0. The molecule has 0 bridgehead atoms. The molecular weight excluding hydrogens is 461 g/mol. The number of benzene rings is 1. The minimum absolute atomic E-state index is 0.0325. The molecule has 146 valence electrons. The lowest BCUT2D eigenvalue weighted by atomic mass is 10.2. The molecule has 1 aromatic carbocycles. The number of aromatic nitrogens is 3. The SMILES string of the molecule is Cc1cc(C)n(-c2ccc(Cl)c(C(=O)Nc3ccc(Br)c(C(F)(F)F)c3)n2)n1. The molecule has 0 aliphatic carbocycles. The molecule has 0 unspecified atom stereocenters. The lowest BCUT2D eigenvalue weighted by Crippen LogP contribution is -2.17. The van der Waals surface area contributed by atoms with Crippen LogP contribution in [0.4, 0.5) is 18.9 Å². The molecule has 5 nitrogen and oxygen atoms in total. The molecule has 0 spiro atoms. The largest absolute Gasteiger partial charge is 0.417 e. The molecule has 3 rings (SSSR count). The smallest absolute Gasteiger partial charge is 0.321 e. The van der Waals surface area contributed by atoms with Crippen molar-refractivity contribution >= 4 is 39.1 Å². The number of nitrogens with zero attached hydrogens (tertiary/aromatic N) is 3. The van der Waals surface area contributed by atoms with Gasteiger partial charge in [-0.2, -0.15) is 18.3 Å². The molecule has 2 aromatic heterocycles. The summed E-state index contributed by atoms with van der Waals surface area (Å²) in [5.41, 5.74) is 0.523. The van der Waals surface area contributed by atoms with E-state index in [0.717, 1.165) is 17.5 Å². The molecule has 0 aliphatic heterocycles. The quantitative estimate of drug-likeness (QED) is 0.541. The second-order valence-electron chi connectivity index (χ2n) is 5.99. The van der Waals surface area contributed by atoms with Crippen LogP contribution in [-0.4, -0.2) is 20.7 Å². The minimum atomic E-state index is -4.56. The van der Waals surface area contributed by atoms with E-state index in [4.69, 9.17) is 11.6 Å². The third kappa shape index (κ3) is 4.20. The molecule has 0 atom stereocenters. The van der Waals surface area contributed by atoms with E-state index in [1.165, 1.54) is 18.2 Å². The molecule has 1 amide bonds. The van der Waals surface area contributed by atoms with Crippen LogP contribution in [0.2, 0.25) is 5.02 Å². The first-order valence-electron chi connectivity index (χ1n) is 7.94. The van der Waals surface area contributed by atoms with Gasteiger partial charge in [-0.15, -0.1) is 0 Å². The van der Waals surface area contributed by atoms with Gasteiger partial charge >= 0.3 is 6.18 Å². The third-order valence-corrected chi connectivity index (χ3v) is 4.80. The molecule has 1 N–H and O–H groups in total. The van der Waals surface area contributed by atoms with Crippen molar-refractivity contribution in [2.24, 2.45) is 0 Å². The Labute approximate surface area is 171 Å². The zero-order valence-corrected chi connectivity index (χ0v) is 16.9. The summed E-state index contributed by atoms with van der Waals surface area (Å²) in [7, 11) is 0. The Bertz CT molecular complexity index is 1070. The summed E-state index contributed by atoms with van der Waals surface area (Å²) in [5.74, 6) is -0.365. The van der Waals surface area contributed by atoms with E-state index in [0.29, 0.717) is 5.82 Å². The average molecular weight is 474 g/mol. The first kappa shape index (κ1) is 20.3. The Hall–Kier alpha value is -2.39. The summed E-state index contributed by atoms with van der Waals surface area (Å²) in [6.45, 7) is 3.65. The number of anilines is 1. The van der Waals surface area contributed by atoms with Crippen molar-refractivity contribution in [3.8, 4) is 5.82 Å². The van der Waals surface area contributed by atoms with Crippen LogP contribution in [0.3, 0.4) is 0 Å². The topological polar surface area (TPSA) is 59.8 Å². The van der Waals surface area contributed by atoms with Gasteiger partial charge in [0.1, 0.15) is 5.69 Å². The van der Waals surface area contributed by atoms with Crippen molar-refractivity contribution in [1.29, 1.82) is 0 Å². The van der Waals surface area contributed by atoms with Crippen LogP contribution in [0.25, 0.3) is 5.82 Å². The number of carbonyl (C=O) groups excluding carboxylic acids is 1. The normalized spacial score (nSPS) is 11.5. The van der Waals surface area contributed by atoms with Crippen LogP contribution in [0.15, 0.2) is 40.9 Å². The van der Waals surface area contributed by atoms with E-state index in [-0.39, 0.29) is 20.9 Å². The zero-order chi connectivity index (χ0) is 20.6. The van der Waals surface area contributed by atoms with Gasteiger partial charge in [-0.3, -0.25) is 4.79 Å². The Morgan fingerprint density at radius 2 is 1.89 bits per heavy atom. The Balaban J connectivity index is 1.93. The van der Waals surface area contributed by atoms with E-state index >= 15 is 0 Å². The van der Waals surface area contributed by atoms with Crippen LogP contribution in [-0.2, 0) is 6.18 Å². The molecule has 0 fully saturated rings. The second-order valence-corrected chi connectivity index (χ2v) is 7.25. The van der Waals surface area contributed by atoms with E-state index < -0.39 is 17.6 Å². The molecule has 0 saturated heterocycles. The molecule has 0 radical (unpaired) electrons. The van der Waals surface area contributed by atoms with E-state index in [1.807, 2.05) is 19.9 Å². The summed E-state index contributed by atoms with van der Waals surface area (Å²) in [4.78, 5) is 16.8. The first-order chi connectivity index (χ1) is 13.1. The predicted octanol–water partition coefficient (Wildman–Crippen LogP) is 5.57. The van der Waals surface area contributed by atoms with Crippen molar-refractivity contribution in [3.63, 3.8) is 0 Å².